The molecule has 0 bridgehead atoms. The number of nitro benzene ring substituents is 1. The number of hydrogen-bond donors (Lipinski definition) is 0. The van der Waals surface area contributed by atoms with Crippen LogP contribution in [0, 0.1) is 17.0 Å². The molecule has 1 amide bonds. The number of non-ortho nitro benzene ring substituents is 1. The van der Waals surface area contributed by atoms with Crippen LogP contribution >= 0.6 is 24.0 Å². The first kappa shape index (κ1) is 20.1. The standard InChI is InChI=1S/C22H16N2O4S2/c1-14-5-7-15(8-6-14)13-23-21(25)20(30-22(23)29)12-18-9-10-19(28-18)16-3-2-4-17(11-16)24(26)27/h2-12H,13H2,1H3. The van der Waals surface area contributed by atoms with Gasteiger partial charge in [0.25, 0.3) is 11.6 Å². The van der Waals surface area contributed by atoms with Crippen molar-refractivity contribution in [3.8, 4) is 11.3 Å². The highest BCUT2D eigenvalue weighted by Gasteiger charge is 2.32. The minimum absolute atomic E-state index is 0.0116. The number of benzene rings is 2. The normalized spacial score (nSPS) is 15.2. The van der Waals surface area contributed by atoms with Crippen LogP contribution in [0.3, 0.4) is 0 Å². The number of thioether (sulfide) groups is 1. The van der Waals surface area contributed by atoms with Crippen molar-refractivity contribution in [1.29, 1.82) is 0 Å². The highest BCUT2D eigenvalue weighted by atomic mass is 32.2. The van der Waals surface area contributed by atoms with Crippen LogP contribution in [0.25, 0.3) is 17.4 Å². The molecule has 30 heavy (non-hydrogen) atoms. The fourth-order valence-corrected chi connectivity index (χ4v) is 4.24. The number of nitro groups is 1. The van der Waals surface area contributed by atoms with Crippen LogP contribution in [0.1, 0.15) is 16.9 Å². The van der Waals surface area contributed by atoms with E-state index in [0.29, 0.717) is 32.9 Å². The Hall–Kier alpha value is -3.23. The SMILES string of the molecule is Cc1ccc(CN2C(=O)C(=Cc3ccc(-c4cccc([N+](=O)[O-])c4)o3)SC2=S)cc1. The van der Waals surface area contributed by atoms with E-state index in [2.05, 4.69) is 0 Å². The van der Waals surface area contributed by atoms with Crippen LogP contribution in [0.4, 0.5) is 5.69 Å². The lowest BCUT2D eigenvalue weighted by Gasteiger charge is -2.14. The summed E-state index contributed by atoms with van der Waals surface area (Å²) in [5.41, 5.74) is 2.74. The summed E-state index contributed by atoms with van der Waals surface area (Å²) in [6.45, 7) is 2.43. The zero-order valence-electron chi connectivity index (χ0n) is 15.9. The number of furan rings is 1. The highest BCUT2D eigenvalue weighted by Crippen LogP contribution is 2.35. The van der Waals surface area contributed by atoms with E-state index in [-0.39, 0.29) is 11.6 Å². The molecule has 3 aromatic rings. The van der Waals surface area contributed by atoms with Crippen LogP contribution in [-0.2, 0) is 11.3 Å². The van der Waals surface area contributed by atoms with Crippen molar-refractivity contribution in [1.82, 2.24) is 4.90 Å². The van der Waals surface area contributed by atoms with Gasteiger partial charge in [-0.2, -0.15) is 0 Å². The maximum atomic E-state index is 12.8. The van der Waals surface area contributed by atoms with Crippen molar-refractivity contribution in [2.75, 3.05) is 0 Å². The molecule has 8 heteroatoms. The maximum absolute atomic E-state index is 12.8. The number of carbonyl (C=O) groups is 1. The summed E-state index contributed by atoms with van der Waals surface area (Å²) in [6, 6.07) is 17.6. The van der Waals surface area contributed by atoms with Gasteiger partial charge in [-0.1, -0.05) is 65.9 Å². The first-order valence-corrected chi connectivity index (χ1v) is 10.3. The van der Waals surface area contributed by atoms with Gasteiger partial charge in [-0.15, -0.1) is 0 Å². The lowest BCUT2D eigenvalue weighted by molar-refractivity contribution is -0.384. The fraction of sp³-hybridized carbons (Fsp3) is 0.0909. The molecule has 4 rings (SSSR count). The maximum Gasteiger partial charge on any atom is 0.270 e. The van der Waals surface area contributed by atoms with Crippen molar-refractivity contribution < 1.29 is 14.1 Å². The predicted molar refractivity (Wildman–Crippen MR) is 121 cm³/mol. The minimum Gasteiger partial charge on any atom is -0.457 e. The van der Waals surface area contributed by atoms with Gasteiger partial charge in [-0.3, -0.25) is 19.8 Å². The lowest BCUT2D eigenvalue weighted by Crippen LogP contribution is -2.27. The smallest absolute Gasteiger partial charge is 0.270 e. The second-order valence-electron chi connectivity index (χ2n) is 6.76. The van der Waals surface area contributed by atoms with Crippen LogP contribution in [0.5, 0.6) is 0 Å². The summed E-state index contributed by atoms with van der Waals surface area (Å²) in [6.07, 6.45) is 1.65. The van der Waals surface area contributed by atoms with E-state index in [9.17, 15) is 14.9 Å². The molecule has 150 valence electrons. The van der Waals surface area contributed by atoms with Gasteiger partial charge in [0.05, 0.1) is 16.4 Å². The van der Waals surface area contributed by atoms with Gasteiger partial charge in [-0.25, -0.2) is 0 Å². The molecule has 0 N–H and O–H groups in total. The Kier molecular flexibility index (Phi) is 5.52. The Bertz CT molecular complexity index is 1180. The monoisotopic (exact) mass is 436 g/mol. The average Bonchev–Trinajstić information content (AvgIpc) is 3.30. The third-order valence-corrected chi connectivity index (χ3v) is 5.95. The zero-order valence-corrected chi connectivity index (χ0v) is 17.5. The zero-order chi connectivity index (χ0) is 21.3. The van der Waals surface area contributed by atoms with E-state index >= 15 is 0 Å². The molecule has 1 aliphatic rings. The summed E-state index contributed by atoms with van der Waals surface area (Å²) in [5, 5.41) is 11.0. The van der Waals surface area contributed by atoms with Crippen LogP contribution in [0.2, 0.25) is 0 Å². The molecular formula is C22H16N2O4S2. The van der Waals surface area contributed by atoms with Crippen molar-refractivity contribution in [3.05, 3.63) is 92.6 Å². The molecule has 6 nitrogen and oxygen atoms in total. The molecular weight excluding hydrogens is 420 g/mol. The van der Waals surface area contributed by atoms with Gasteiger partial charge in [0, 0.05) is 23.8 Å². The fourth-order valence-electron chi connectivity index (χ4n) is 3.00. The molecule has 1 fully saturated rings. The third kappa shape index (κ3) is 4.19. The minimum atomic E-state index is -0.452. The first-order valence-electron chi connectivity index (χ1n) is 9.06. The molecule has 0 unspecified atom stereocenters. The Balaban J connectivity index is 1.53. The highest BCUT2D eigenvalue weighted by molar-refractivity contribution is 8.26. The number of thiocarbonyl (C=S) groups is 1. The lowest BCUT2D eigenvalue weighted by atomic mass is 10.1. The van der Waals surface area contributed by atoms with E-state index in [0.717, 1.165) is 11.1 Å². The number of nitrogens with zero attached hydrogens (tertiary/aromatic N) is 2. The molecule has 0 radical (unpaired) electrons. The van der Waals surface area contributed by atoms with E-state index < -0.39 is 4.92 Å². The second kappa shape index (κ2) is 8.25. The average molecular weight is 437 g/mol. The molecule has 1 aliphatic heterocycles. The van der Waals surface area contributed by atoms with E-state index in [4.69, 9.17) is 16.6 Å². The van der Waals surface area contributed by atoms with Gasteiger partial charge in [0.1, 0.15) is 15.8 Å². The number of carbonyl (C=O) groups excluding carboxylic acids is 1. The van der Waals surface area contributed by atoms with E-state index in [1.807, 2.05) is 31.2 Å². The van der Waals surface area contributed by atoms with Crippen LogP contribution in [-0.4, -0.2) is 20.1 Å². The van der Waals surface area contributed by atoms with Crippen molar-refractivity contribution in [2.45, 2.75) is 13.5 Å². The molecule has 1 aromatic heterocycles. The van der Waals surface area contributed by atoms with E-state index in [1.165, 1.54) is 23.9 Å². The Morgan fingerprint density at radius 2 is 1.93 bits per heavy atom. The molecule has 0 spiro atoms. The third-order valence-electron chi connectivity index (χ3n) is 4.58. The molecule has 2 heterocycles. The predicted octanol–water partition coefficient (Wildman–Crippen LogP) is 5.56. The number of rotatable bonds is 5. The summed E-state index contributed by atoms with van der Waals surface area (Å²) in [7, 11) is 0. The van der Waals surface area contributed by atoms with E-state index in [1.54, 1.807) is 35.2 Å². The molecule has 1 saturated heterocycles. The van der Waals surface area contributed by atoms with Crippen LogP contribution < -0.4 is 0 Å². The Morgan fingerprint density at radius 1 is 1.17 bits per heavy atom. The van der Waals surface area contributed by atoms with Gasteiger partial charge in [-0.05, 0) is 24.6 Å². The Labute approximate surface area is 182 Å². The molecule has 2 aromatic carbocycles. The Morgan fingerprint density at radius 3 is 2.67 bits per heavy atom. The van der Waals surface area contributed by atoms with Crippen LogP contribution in [0.15, 0.2) is 70.0 Å². The summed E-state index contributed by atoms with van der Waals surface area (Å²) in [4.78, 5) is 25.4. The molecule has 0 aliphatic carbocycles. The quantitative estimate of drug-likeness (QED) is 0.225. The largest absolute Gasteiger partial charge is 0.457 e. The molecule has 0 saturated carbocycles. The van der Waals surface area contributed by atoms with Crippen molar-refractivity contribution >= 4 is 46.0 Å². The summed E-state index contributed by atoms with van der Waals surface area (Å²) in [5.74, 6) is 0.797. The topological polar surface area (TPSA) is 76.6 Å². The van der Waals surface area contributed by atoms with Gasteiger partial charge in [0.2, 0.25) is 0 Å². The van der Waals surface area contributed by atoms with Gasteiger partial charge in [0.15, 0.2) is 0 Å². The summed E-state index contributed by atoms with van der Waals surface area (Å²) >= 11 is 6.62. The van der Waals surface area contributed by atoms with Crippen molar-refractivity contribution in [3.63, 3.8) is 0 Å². The number of amides is 1. The first-order chi connectivity index (χ1) is 14.4. The second-order valence-corrected chi connectivity index (χ2v) is 8.44. The summed E-state index contributed by atoms with van der Waals surface area (Å²) < 4.78 is 6.29. The van der Waals surface area contributed by atoms with Crippen molar-refractivity contribution in [2.24, 2.45) is 0 Å². The van der Waals surface area contributed by atoms with Gasteiger partial charge < -0.3 is 4.42 Å². The number of hydrogen-bond acceptors (Lipinski definition) is 6. The number of aryl methyl sites for hydroxylation is 1. The van der Waals surface area contributed by atoms with Gasteiger partial charge >= 0.3 is 0 Å². The molecule has 0 atom stereocenters.